The monoisotopic (exact) mass is 347 g/mol. The number of rotatable bonds is 4. The summed E-state index contributed by atoms with van der Waals surface area (Å²) in [6.07, 6.45) is 3.99. The molecule has 102 valence electrons. The van der Waals surface area contributed by atoms with Crippen LogP contribution < -0.4 is 5.32 Å². The van der Waals surface area contributed by atoms with Crippen LogP contribution in [-0.2, 0) is 0 Å². The molecule has 0 saturated heterocycles. The predicted molar refractivity (Wildman–Crippen MR) is 86.5 cm³/mol. The van der Waals surface area contributed by atoms with Gasteiger partial charge in [0.1, 0.15) is 0 Å². The maximum atomic E-state index is 4.46. The fourth-order valence-electron chi connectivity index (χ4n) is 2.17. The van der Waals surface area contributed by atoms with Gasteiger partial charge in [-0.15, -0.1) is 11.3 Å². The number of benzene rings is 1. The van der Waals surface area contributed by atoms with E-state index in [-0.39, 0.29) is 6.04 Å². The van der Waals surface area contributed by atoms with Crippen molar-refractivity contribution in [1.29, 1.82) is 0 Å². The number of hydrogen-bond acceptors (Lipinski definition) is 3. The van der Waals surface area contributed by atoms with Gasteiger partial charge in [-0.3, -0.25) is 0 Å². The van der Waals surface area contributed by atoms with Gasteiger partial charge in [0, 0.05) is 21.1 Å². The molecule has 5 heteroatoms. The number of nitrogens with zero attached hydrogens (tertiary/aromatic N) is 2. The van der Waals surface area contributed by atoms with Crippen LogP contribution in [0.2, 0.25) is 0 Å². The van der Waals surface area contributed by atoms with Crippen molar-refractivity contribution in [3.8, 4) is 5.69 Å². The molecule has 20 heavy (non-hydrogen) atoms. The Labute approximate surface area is 130 Å². The lowest BCUT2D eigenvalue weighted by Crippen LogP contribution is -2.16. The standard InChI is InChI=1S/C15H14BrN3S/c1-17-14(15-13(16)7-8-20-15)11-9-18-19(10-11)12-5-3-2-4-6-12/h2-10,14,17H,1H3. The van der Waals surface area contributed by atoms with Gasteiger partial charge in [0.25, 0.3) is 0 Å². The van der Waals surface area contributed by atoms with Gasteiger partial charge in [0.15, 0.2) is 0 Å². The summed E-state index contributed by atoms with van der Waals surface area (Å²) < 4.78 is 3.04. The maximum absolute atomic E-state index is 4.46. The van der Waals surface area contributed by atoms with E-state index in [0.29, 0.717) is 0 Å². The first-order valence-electron chi connectivity index (χ1n) is 6.29. The largest absolute Gasteiger partial charge is 0.309 e. The molecule has 0 spiro atoms. The molecule has 1 unspecified atom stereocenters. The Hall–Kier alpha value is -1.43. The number of nitrogens with one attached hydrogen (secondary N) is 1. The molecule has 2 aromatic heterocycles. The predicted octanol–water partition coefficient (Wildman–Crippen LogP) is 4.01. The van der Waals surface area contributed by atoms with Crippen molar-refractivity contribution in [2.24, 2.45) is 0 Å². The average Bonchev–Trinajstić information content (AvgIpc) is 3.12. The van der Waals surface area contributed by atoms with Crippen molar-refractivity contribution in [3.63, 3.8) is 0 Å². The topological polar surface area (TPSA) is 29.9 Å². The van der Waals surface area contributed by atoms with Crippen molar-refractivity contribution in [2.45, 2.75) is 6.04 Å². The molecular weight excluding hydrogens is 334 g/mol. The van der Waals surface area contributed by atoms with Crippen LogP contribution in [-0.4, -0.2) is 16.8 Å². The van der Waals surface area contributed by atoms with Crippen LogP contribution in [0.3, 0.4) is 0 Å². The van der Waals surface area contributed by atoms with Crippen LogP contribution in [0.5, 0.6) is 0 Å². The second-order valence-corrected chi connectivity index (χ2v) is 6.21. The van der Waals surface area contributed by atoms with Crippen molar-refractivity contribution >= 4 is 27.3 Å². The van der Waals surface area contributed by atoms with Gasteiger partial charge in [-0.25, -0.2) is 4.68 Å². The Morgan fingerprint density at radius 3 is 2.70 bits per heavy atom. The van der Waals surface area contributed by atoms with E-state index in [4.69, 9.17) is 0 Å². The Morgan fingerprint density at radius 2 is 2.05 bits per heavy atom. The second kappa shape index (κ2) is 5.91. The van der Waals surface area contributed by atoms with Gasteiger partial charge in [-0.1, -0.05) is 18.2 Å². The van der Waals surface area contributed by atoms with Crippen LogP contribution in [0.25, 0.3) is 5.69 Å². The summed E-state index contributed by atoms with van der Waals surface area (Å²) in [5.74, 6) is 0. The quantitative estimate of drug-likeness (QED) is 0.772. The molecule has 0 aliphatic carbocycles. The second-order valence-electron chi connectivity index (χ2n) is 4.41. The first kappa shape index (κ1) is 13.5. The van der Waals surface area contributed by atoms with Crippen LogP contribution >= 0.6 is 27.3 Å². The Bertz CT molecular complexity index is 690. The number of thiophene rings is 1. The number of para-hydroxylation sites is 1. The molecule has 0 saturated carbocycles. The molecule has 0 amide bonds. The van der Waals surface area contributed by atoms with Gasteiger partial charge < -0.3 is 5.32 Å². The third-order valence-corrected chi connectivity index (χ3v) is 5.09. The van der Waals surface area contributed by atoms with Gasteiger partial charge in [-0.2, -0.15) is 5.10 Å². The molecule has 2 heterocycles. The summed E-state index contributed by atoms with van der Waals surface area (Å²) in [4.78, 5) is 1.26. The van der Waals surface area contributed by atoms with Crippen molar-refractivity contribution < 1.29 is 0 Å². The Balaban J connectivity index is 1.95. The van der Waals surface area contributed by atoms with Crippen molar-refractivity contribution in [3.05, 3.63) is 69.1 Å². The molecule has 3 aromatic rings. The van der Waals surface area contributed by atoms with Crippen LogP contribution in [0.1, 0.15) is 16.5 Å². The average molecular weight is 348 g/mol. The number of halogens is 1. The molecule has 0 aliphatic heterocycles. The number of aromatic nitrogens is 2. The Morgan fingerprint density at radius 1 is 1.25 bits per heavy atom. The van der Waals surface area contributed by atoms with E-state index in [1.54, 1.807) is 11.3 Å². The lowest BCUT2D eigenvalue weighted by atomic mass is 10.1. The van der Waals surface area contributed by atoms with E-state index in [0.717, 1.165) is 15.7 Å². The molecule has 0 fully saturated rings. The van der Waals surface area contributed by atoms with Gasteiger partial charge in [0.05, 0.1) is 17.9 Å². The van der Waals surface area contributed by atoms with E-state index in [2.05, 4.69) is 44.0 Å². The first-order valence-corrected chi connectivity index (χ1v) is 7.97. The highest BCUT2D eigenvalue weighted by Crippen LogP contribution is 2.32. The molecule has 1 atom stereocenters. The smallest absolute Gasteiger partial charge is 0.0711 e. The highest BCUT2D eigenvalue weighted by molar-refractivity contribution is 9.10. The molecule has 0 aliphatic rings. The van der Waals surface area contributed by atoms with E-state index in [1.807, 2.05) is 48.3 Å². The van der Waals surface area contributed by atoms with E-state index >= 15 is 0 Å². The SMILES string of the molecule is CNC(c1cnn(-c2ccccc2)c1)c1sccc1Br. The zero-order valence-corrected chi connectivity index (χ0v) is 13.4. The van der Waals surface area contributed by atoms with Crippen LogP contribution in [0.4, 0.5) is 0 Å². The first-order chi connectivity index (χ1) is 9.79. The molecule has 0 radical (unpaired) electrons. The number of hydrogen-bond donors (Lipinski definition) is 1. The van der Waals surface area contributed by atoms with E-state index in [1.165, 1.54) is 4.88 Å². The molecule has 1 aromatic carbocycles. The van der Waals surface area contributed by atoms with Crippen molar-refractivity contribution in [1.82, 2.24) is 15.1 Å². The Kier molecular flexibility index (Phi) is 4.00. The molecule has 1 N–H and O–H groups in total. The third-order valence-electron chi connectivity index (χ3n) is 3.15. The summed E-state index contributed by atoms with van der Waals surface area (Å²) in [6, 6.07) is 12.4. The summed E-state index contributed by atoms with van der Waals surface area (Å²) in [5.41, 5.74) is 2.22. The lowest BCUT2D eigenvalue weighted by Gasteiger charge is -2.13. The normalized spacial score (nSPS) is 12.5. The highest BCUT2D eigenvalue weighted by atomic mass is 79.9. The third kappa shape index (κ3) is 2.57. The molecule has 3 rings (SSSR count). The van der Waals surface area contributed by atoms with Gasteiger partial charge in [0.2, 0.25) is 0 Å². The van der Waals surface area contributed by atoms with Gasteiger partial charge >= 0.3 is 0 Å². The van der Waals surface area contributed by atoms with Gasteiger partial charge in [-0.05, 0) is 46.6 Å². The summed E-state index contributed by atoms with van der Waals surface area (Å²) in [7, 11) is 1.97. The van der Waals surface area contributed by atoms with Crippen LogP contribution in [0.15, 0.2) is 58.6 Å². The fraction of sp³-hybridized carbons (Fsp3) is 0.133. The van der Waals surface area contributed by atoms with Crippen LogP contribution in [0, 0.1) is 0 Å². The summed E-state index contributed by atoms with van der Waals surface area (Å²) in [5, 5.41) is 9.90. The molecular formula is C15H14BrN3S. The minimum absolute atomic E-state index is 0.154. The lowest BCUT2D eigenvalue weighted by molar-refractivity contribution is 0.701. The minimum Gasteiger partial charge on any atom is -0.309 e. The van der Waals surface area contributed by atoms with E-state index in [9.17, 15) is 0 Å². The van der Waals surface area contributed by atoms with Crippen molar-refractivity contribution in [2.75, 3.05) is 7.05 Å². The summed E-state index contributed by atoms with van der Waals surface area (Å²) in [6.45, 7) is 0. The zero-order chi connectivity index (χ0) is 13.9. The highest BCUT2D eigenvalue weighted by Gasteiger charge is 2.18. The summed E-state index contributed by atoms with van der Waals surface area (Å²) >= 11 is 5.34. The molecule has 3 nitrogen and oxygen atoms in total. The zero-order valence-electron chi connectivity index (χ0n) is 11.0. The van der Waals surface area contributed by atoms with E-state index < -0.39 is 0 Å². The maximum Gasteiger partial charge on any atom is 0.0711 e. The fourth-order valence-corrected chi connectivity index (χ4v) is 3.91. The minimum atomic E-state index is 0.154. The molecule has 0 bridgehead atoms.